The maximum absolute atomic E-state index is 13.4. The number of hydrogen-bond acceptors (Lipinski definition) is 5. The number of aryl methyl sites for hydroxylation is 1. The number of carbonyl (C=O) groups is 1. The van der Waals surface area contributed by atoms with Gasteiger partial charge in [-0.1, -0.05) is 24.3 Å². The van der Waals surface area contributed by atoms with Crippen LogP contribution in [-0.2, 0) is 16.6 Å². The summed E-state index contributed by atoms with van der Waals surface area (Å²) < 4.78 is 41.2. The Hall–Kier alpha value is -2.97. The van der Waals surface area contributed by atoms with Crippen molar-refractivity contribution in [3.05, 3.63) is 92.4 Å². The van der Waals surface area contributed by atoms with Gasteiger partial charge in [0.05, 0.1) is 12.2 Å². The average Bonchev–Trinajstić information content (AvgIpc) is 3.19. The molecule has 0 saturated heterocycles. The van der Waals surface area contributed by atoms with Crippen molar-refractivity contribution in [2.45, 2.75) is 20.4 Å². The zero-order valence-electron chi connectivity index (χ0n) is 16.3. The van der Waals surface area contributed by atoms with E-state index in [1.165, 1.54) is 46.1 Å². The highest BCUT2D eigenvalue weighted by Crippen LogP contribution is 2.39. The third-order valence-corrected chi connectivity index (χ3v) is 7.78. The van der Waals surface area contributed by atoms with E-state index in [-0.39, 0.29) is 11.4 Å². The van der Waals surface area contributed by atoms with E-state index in [2.05, 4.69) is 5.32 Å². The number of allylic oxidation sites excluding steroid dienone is 1. The first kappa shape index (κ1) is 20.3. The summed E-state index contributed by atoms with van der Waals surface area (Å²) in [4.78, 5) is 13.0. The van der Waals surface area contributed by atoms with Crippen molar-refractivity contribution >= 4 is 38.5 Å². The van der Waals surface area contributed by atoms with E-state index in [1.54, 1.807) is 11.4 Å². The van der Waals surface area contributed by atoms with E-state index >= 15 is 0 Å². The van der Waals surface area contributed by atoms with Crippen LogP contribution in [0, 0.1) is 19.7 Å². The van der Waals surface area contributed by atoms with Crippen molar-refractivity contribution in [2.75, 3.05) is 9.62 Å². The molecule has 1 aliphatic heterocycles. The summed E-state index contributed by atoms with van der Waals surface area (Å²) in [6.07, 6.45) is 1.26. The molecule has 1 N–H and O–H groups in total. The first-order valence-electron chi connectivity index (χ1n) is 9.21. The quantitative estimate of drug-likeness (QED) is 0.578. The Bertz CT molecular complexity index is 1260. The van der Waals surface area contributed by atoms with Gasteiger partial charge in [-0.15, -0.1) is 11.3 Å². The summed E-state index contributed by atoms with van der Waals surface area (Å²) in [7, 11) is -4.10. The van der Waals surface area contributed by atoms with Gasteiger partial charge in [0.1, 0.15) is 10.7 Å². The fourth-order valence-electron chi connectivity index (χ4n) is 3.26. The second-order valence-corrected chi connectivity index (χ2v) is 9.75. The number of halogens is 1. The summed E-state index contributed by atoms with van der Waals surface area (Å²) in [6.45, 7) is 3.88. The Morgan fingerprint density at radius 1 is 1.10 bits per heavy atom. The highest BCUT2D eigenvalue weighted by atomic mass is 32.2. The second-order valence-electron chi connectivity index (χ2n) is 7.00. The summed E-state index contributed by atoms with van der Waals surface area (Å²) in [5.74, 6) is -0.932. The van der Waals surface area contributed by atoms with E-state index in [4.69, 9.17) is 0 Å². The molecule has 0 radical (unpaired) electrons. The molecular weight excluding hydrogens is 423 g/mol. The van der Waals surface area contributed by atoms with Crippen LogP contribution in [0.25, 0.3) is 0 Å². The van der Waals surface area contributed by atoms with Crippen LogP contribution in [0.1, 0.15) is 26.4 Å². The number of sulfonamides is 1. The van der Waals surface area contributed by atoms with E-state index < -0.39 is 21.6 Å². The molecule has 0 spiro atoms. The smallest absolute Gasteiger partial charge is 0.270 e. The Labute approximate surface area is 178 Å². The first-order valence-corrected chi connectivity index (χ1v) is 11.5. The topological polar surface area (TPSA) is 66.5 Å². The largest absolute Gasteiger partial charge is 0.360 e. The van der Waals surface area contributed by atoms with Crippen molar-refractivity contribution in [2.24, 2.45) is 0 Å². The molecule has 5 nitrogen and oxygen atoms in total. The molecule has 4 rings (SSSR count). The lowest BCUT2D eigenvalue weighted by molar-refractivity contribution is 0.104. The molecule has 1 aromatic heterocycles. The number of hydrogen-bond donors (Lipinski definition) is 1. The minimum atomic E-state index is -4.10. The highest BCUT2D eigenvalue weighted by Gasteiger charge is 2.41. The molecule has 3 aromatic rings. The van der Waals surface area contributed by atoms with E-state index in [1.807, 2.05) is 32.0 Å². The molecule has 0 bridgehead atoms. The molecule has 30 heavy (non-hydrogen) atoms. The van der Waals surface area contributed by atoms with Gasteiger partial charge in [0.15, 0.2) is 4.91 Å². The average molecular weight is 443 g/mol. The minimum absolute atomic E-state index is 0.000436. The van der Waals surface area contributed by atoms with Crippen LogP contribution in [0.2, 0.25) is 0 Å². The molecule has 0 aliphatic carbocycles. The van der Waals surface area contributed by atoms with Gasteiger partial charge < -0.3 is 5.32 Å². The van der Waals surface area contributed by atoms with Crippen molar-refractivity contribution < 1.29 is 17.6 Å². The van der Waals surface area contributed by atoms with Crippen LogP contribution >= 0.6 is 11.3 Å². The van der Waals surface area contributed by atoms with Crippen LogP contribution in [0.15, 0.2) is 65.0 Å². The van der Waals surface area contributed by atoms with Gasteiger partial charge in [0, 0.05) is 11.9 Å². The molecule has 0 amide bonds. The number of nitrogens with one attached hydrogen (secondary N) is 1. The van der Waals surface area contributed by atoms with E-state index in [9.17, 15) is 17.6 Å². The predicted octanol–water partition coefficient (Wildman–Crippen LogP) is 4.99. The third-order valence-electron chi connectivity index (χ3n) is 5.11. The van der Waals surface area contributed by atoms with Crippen molar-refractivity contribution in [3.8, 4) is 0 Å². The number of benzene rings is 2. The maximum atomic E-state index is 13.4. The molecule has 2 aromatic carbocycles. The van der Waals surface area contributed by atoms with Crippen molar-refractivity contribution in [3.63, 3.8) is 0 Å². The van der Waals surface area contributed by atoms with E-state index in [0.717, 1.165) is 16.8 Å². The Kier molecular flexibility index (Phi) is 5.21. The van der Waals surface area contributed by atoms with Crippen LogP contribution in [0.5, 0.6) is 0 Å². The van der Waals surface area contributed by atoms with Crippen LogP contribution in [-0.4, -0.2) is 14.2 Å². The fourth-order valence-corrected chi connectivity index (χ4v) is 5.75. The summed E-state index contributed by atoms with van der Waals surface area (Å²) in [5.41, 5.74) is 3.71. The summed E-state index contributed by atoms with van der Waals surface area (Å²) in [6, 6.07) is 12.9. The number of nitrogens with zero attached hydrogens (tertiary/aromatic N) is 1. The van der Waals surface area contributed by atoms with Crippen LogP contribution in [0.4, 0.5) is 15.8 Å². The van der Waals surface area contributed by atoms with Gasteiger partial charge in [0.25, 0.3) is 10.0 Å². The van der Waals surface area contributed by atoms with Gasteiger partial charge in [-0.25, -0.2) is 12.8 Å². The van der Waals surface area contributed by atoms with Crippen LogP contribution < -0.4 is 9.62 Å². The maximum Gasteiger partial charge on any atom is 0.270 e. The number of Topliss-reactive ketones (excluding diaryl/α,β-unsaturated/α-hetero) is 1. The lowest BCUT2D eigenvalue weighted by Crippen LogP contribution is -2.38. The Morgan fingerprint density at radius 3 is 2.57 bits per heavy atom. The highest BCUT2D eigenvalue weighted by molar-refractivity contribution is 7.97. The Morgan fingerprint density at radius 2 is 1.83 bits per heavy atom. The van der Waals surface area contributed by atoms with Gasteiger partial charge in [-0.3, -0.25) is 9.10 Å². The summed E-state index contributed by atoms with van der Waals surface area (Å²) in [5, 5.41) is 4.68. The third kappa shape index (κ3) is 3.53. The first-order chi connectivity index (χ1) is 14.3. The molecule has 2 heterocycles. The standard InChI is InChI=1S/C22H19FN2O3S2/c1-14-4-3-5-18(15(14)2)24-12-20-21(26)22-19(10-11-29-22)25(30(20,27)28)13-16-6-8-17(23)9-7-16/h3-12,24H,13H2,1-2H3. The molecule has 8 heteroatoms. The molecule has 0 unspecified atom stereocenters. The van der Waals surface area contributed by atoms with Crippen molar-refractivity contribution in [1.82, 2.24) is 0 Å². The number of fused-ring (bicyclic) bond motifs is 1. The lowest BCUT2D eigenvalue weighted by Gasteiger charge is -2.29. The Balaban J connectivity index is 1.75. The van der Waals surface area contributed by atoms with Gasteiger partial charge in [-0.2, -0.15) is 0 Å². The summed E-state index contributed by atoms with van der Waals surface area (Å²) >= 11 is 1.20. The molecule has 1 aliphatic rings. The number of rotatable bonds is 4. The van der Waals surface area contributed by atoms with Crippen molar-refractivity contribution in [1.29, 1.82) is 0 Å². The zero-order valence-corrected chi connectivity index (χ0v) is 18.0. The minimum Gasteiger partial charge on any atom is -0.360 e. The zero-order chi connectivity index (χ0) is 21.5. The molecule has 0 fully saturated rings. The van der Waals surface area contributed by atoms with Gasteiger partial charge in [-0.05, 0) is 60.2 Å². The number of thiophene rings is 1. The van der Waals surface area contributed by atoms with Crippen LogP contribution in [0.3, 0.4) is 0 Å². The number of anilines is 2. The predicted molar refractivity (Wildman–Crippen MR) is 118 cm³/mol. The van der Waals surface area contributed by atoms with E-state index in [0.29, 0.717) is 16.1 Å². The lowest BCUT2D eigenvalue weighted by atomic mass is 10.1. The molecule has 0 atom stereocenters. The van der Waals surface area contributed by atoms with Gasteiger partial charge >= 0.3 is 0 Å². The monoisotopic (exact) mass is 442 g/mol. The number of ketones is 1. The molecule has 154 valence electrons. The van der Waals surface area contributed by atoms with Gasteiger partial charge in [0.2, 0.25) is 5.78 Å². The SMILES string of the molecule is Cc1cccc(NC=C2C(=O)c3sccc3N(Cc3ccc(F)cc3)S2(=O)=O)c1C. The fraction of sp³-hybridized carbons (Fsp3) is 0.136. The number of carbonyl (C=O) groups excluding carboxylic acids is 1. The molecule has 0 saturated carbocycles. The second kappa shape index (κ2) is 7.70. The molecular formula is C22H19FN2O3S2. The normalized spacial score (nSPS) is 16.6.